The number of benzene rings is 1. The summed E-state index contributed by atoms with van der Waals surface area (Å²) in [6, 6.07) is 6.81. The normalized spacial score (nSPS) is 11.7. The Labute approximate surface area is 240 Å². The van der Waals surface area contributed by atoms with Crippen molar-refractivity contribution in [2.75, 3.05) is 72.6 Å². The lowest BCUT2D eigenvalue weighted by molar-refractivity contribution is 0.0869. The van der Waals surface area contributed by atoms with Gasteiger partial charge in [-0.05, 0) is 37.4 Å². The first-order valence-electron chi connectivity index (χ1n) is 13.4. The first kappa shape index (κ1) is 31.5. The second-order valence-corrected chi connectivity index (χ2v) is 8.95. The van der Waals surface area contributed by atoms with Crippen molar-refractivity contribution in [3.63, 3.8) is 0 Å². The highest BCUT2D eigenvalue weighted by atomic mass is 16.6. The van der Waals surface area contributed by atoms with Crippen LogP contribution in [0.3, 0.4) is 0 Å². The zero-order valence-electron chi connectivity index (χ0n) is 24.0. The summed E-state index contributed by atoms with van der Waals surface area (Å²) < 4.78 is 21.6. The van der Waals surface area contributed by atoms with Crippen LogP contribution in [0.4, 0.5) is 5.82 Å². The van der Waals surface area contributed by atoms with Gasteiger partial charge in [0.15, 0.2) is 0 Å². The number of methoxy groups -OCH3 is 2. The molecule has 0 saturated heterocycles. The summed E-state index contributed by atoms with van der Waals surface area (Å²) in [4.78, 5) is 28.0. The highest BCUT2D eigenvalue weighted by Gasteiger charge is 2.16. The second-order valence-electron chi connectivity index (χ2n) is 8.95. The van der Waals surface area contributed by atoms with Crippen LogP contribution in [0.2, 0.25) is 0 Å². The van der Waals surface area contributed by atoms with Crippen LogP contribution in [0.25, 0.3) is 11.0 Å². The molecular formula is C29H38N6O6. The lowest BCUT2D eigenvalue weighted by atomic mass is 10.1. The van der Waals surface area contributed by atoms with Crippen LogP contribution in [0.15, 0.2) is 30.5 Å². The van der Waals surface area contributed by atoms with Gasteiger partial charge >= 0.3 is 0 Å². The Morgan fingerprint density at radius 1 is 1.00 bits per heavy atom. The maximum Gasteiger partial charge on any atom is 0.278 e. The number of nitrogens with zero attached hydrogens (tertiary/aromatic N) is 4. The van der Waals surface area contributed by atoms with Crippen molar-refractivity contribution in [1.82, 2.24) is 25.2 Å². The number of aliphatic hydroxyl groups is 1. The minimum absolute atomic E-state index is 0.168. The van der Waals surface area contributed by atoms with E-state index in [0.717, 1.165) is 13.1 Å². The number of ether oxygens (including phenoxy) is 4. The van der Waals surface area contributed by atoms with Gasteiger partial charge in [0.1, 0.15) is 30.1 Å². The van der Waals surface area contributed by atoms with E-state index in [9.17, 15) is 9.90 Å². The summed E-state index contributed by atoms with van der Waals surface area (Å²) in [5.41, 5.74) is 8.51. The molecule has 3 rings (SSSR count). The number of amides is 1. The average Bonchev–Trinajstić information content (AvgIpc) is 2.99. The highest BCUT2D eigenvalue weighted by molar-refractivity contribution is 5.94. The molecule has 0 aliphatic heterocycles. The number of carbonyl (C=O) groups is 1. The number of carbonyl (C=O) groups excluding carboxylic acids is 1. The summed E-state index contributed by atoms with van der Waals surface area (Å²) in [7, 11) is 3.15. The number of aromatic nitrogens is 3. The fourth-order valence-corrected chi connectivity index (χ4v) is 3.76. The minimum atomic E-state index is -0.647. The standard InChI is InChI=1S/C29H38N6O6/c1-5-35(6-2)19-22(36)17-32-27(37)21-10-7-20(8-11-21)9-12-23-25-24(18-31-26(23)30)33-28(40-15-13-38-3)29(34-25)41-16-14-39-4/h7-8,10-11,18,22,36H,5-6,13-17,19H2,1-4H3,(H2,30,31)(H,32,37). The largest absolute Gasteiger partial charge is 0.471 e. The smallest absolute Gasteiger partial charge is 0.278 e. The zero-order chi connectivity index (χ0) is 29.6. The molecule has 0 radical (unpaired) electrons. The maximum atomic E-state index is 12.5. The van der Waals surface area contributed by atoms with Gasteiger partial charge in [-0.2, -0.15) is 0 Å². The van der Waals surface area contributed by atoms with E-state index in [1.807, 2.05) is 13.8 Å². The average molecular weight is 567 g/mol. The minimum Gasteiger partial charge on any atom is -0.471 e. The number of fused-ring (bicyclic) bond motifs is 1. The van der Waals surface area contributed by atoms with Gasteiger partial charge in [0.25, 0.3) is 17.7 Å². The van der Waals surface area contributed by atoms with Gasteiger partial charge in [0, 0.05) is 38.4 Å². The Kier molecular flexibility index (Phi) is 12.5. The molecule has 12 nitrogen and oxygen atoms in total. The molecule has 0 aliphatic carbocycles. The molecule has 2 aromatic heterocycles. The Hall–Kier alpha value is -4.02. The van der Waals surface area contributed by atoms with Crippen molar-refractivity contribution < 1.29 is 28.8 Å². The first-order valence-corrected chi connectivity index (χ1v) is 13.4. The summed E-state index contributed by atoms with van der Waals surface area (Å²) in [5, 5.41) is 13.0. The third kappa shape index (κ3) is 9.26. The molecule has 0 aliphatic rings. The van der Waals surface area contributed by atoms with E-state index >= 15 is 0 Å². The topological polar surface area (TPSA) is 154 Å². The molecule has 0 bridgehead atoms. The second kappa shape index (κ2) is 16.3. The van der Waals surface area contributed by atoms with Gasteiger partial charge in [-0.25, -0.2) is 15.0 Å². The van der Waals surface area contributed by atoms with Gasteiger partial charge in [0.2, 0.25) is 0 Å². The maximum absolute atomic E-state index is 12.5. The molecule has 1 amide bonds. The van der Waals surface area contributed by atoms with E-state index in [1.54, 1.807) is 38.5 Å². The number of aliphatic hydroxyl groups excluding tert-OH is 1. The lowest BCUT2D eigenvalue weighted by Gasteiger charge is -2.22. The van der Waals surface area contributed by atoms with Crippen LogP contribution in [-0.2, 0) is 9.47 Å². The van der Waals surface area contributed by atoms with E-state index in [-0.39, 0.29) is 43.2 Å². The third-order valence-electron chi connectivity index (χ3n) is 6.07. The third-order valence-corrected chi connectivity index (χ3v) is 6.07. The lowest BCUT2D eigenvalue weighted by Crippen LogP contribution is -2.40. The SMILES string of the molecule is CCN(CC)CC(O)CNC(=O)c1ccc(C#Cc2c(N)ncc3nc(OCCOC)c(OCCOC)nc23)cc1. The molecule has 3 aromatic rings. The van der Waals surface area contributed by atoms with E-state index in [1.165, 1.54) is 6.20 Å². The Balaban J connectivity index is 1.78. The number of nitrogens with two attached hydrogens (primary N) is 1. The van der Waals surface area contributed by atoms with Crippen molar-refractivity contribution in [2.45, 2.75) is 20.0 Å². The highest BCUT2D eigenvalue weighted by Crippen LogP contribution is 2.28. The Morgan fingerprint density at radius 3 is 2.24 bits per heavy atom. The number of nitrogens with one attached hydrogen (secondary N) is 1. The number of anilines is 1. The van der Waals surface area contributed by atoms with Crippen LogP contribution in [0.1, 0.15) is 35.3 Å². The summed E-state index contributed by atoms with van der Waals surface area (Å²) in [6.45, 7) is 7.64. The predicted molar refractivity (Wildman–Crippen MR) is 155 cm³/mol. The first-order chi connectivity index (χ1) is 19.9. The van der Waals surface area contributed by atoms with Crippen LogP contribution in [0, 0.1) is 11.8 Å². The summed E-state index contributed by atoms with van der Waals surface area (Å²) >= 11 is 0. The Bertz CT molecular complexity index is 1340. The van der Waals surface area contributed by atoms with E-state index in [0.29, 0.717) is 47.5 Å². The van der Waals surface area contributed by atoms with Crippen LogP contribution >= 0.6 is 0 Å². The molecule has 41 heavy (non-hydrogen) atoms. The number of likely N-dealkylation sites (N-methyl/N-ethyl adjacent to an activating group) is 1. The number of hydrogen-bond acceptors (Lipinski definition) is 11. The number of hydrogen-bond donors (Lipinski definition) is 3. The van der Waals surface area contributed by atoms with E-state index in [4.69, 9.17) is 24.7 Å². The molecule has 0 saturated carbocycles. The van der Waals surface area contributed by atoms with Crippen LogP contribution in [-0.4, -0.2) is 104 Å². The number of rotatable bonds is 15. The molecule has 12 heteroatoms. The molecule has 2 heterocycles. The fraction of sp³-hybridized carbons (Fsp3) is 0.448. The monoisotopic (exact) mass is 566 g/mol. The number of pyridine rings is 1. The van der Waals surface area contributed by atoms with Crippen molar-refractivity contribution in [1.29, 1.82) is 0 Å². The fourth-order valence-electron chi connectivity index (χ4n) is 3.76. The number of nitrogen functional groups attached to an aromatic ring is 1. The molecule has 1 atom stereocenters. The van der Waals surface area contributed by atoms with E-state index in [2.05, 4.69) is 37.0 Å². The van der Waals surface area contributed by atoms with Crippen LogP contribution < -0.4 is 20.5 Å². The summed E-state index contributed by atoms with van der Waals surface area (Å²) in [6.07, 6.45) is 0.850. The molecular weight excluding hydrogens is 528 g/mol. The van der Waals surface area contributed by atoms with Crippen molar-refractivity contribution in [3.8, 4) is 23.6 Å². The van der Waals surface area contributed by atoms with Crippen molar-refractivity contribution in [2.24, 2.45) is 0 Å². The molecule has 220 valence electrons. The Morgan fingerprint density at radius 2 is 1.63 bits per heavy atom. The van der Waals surface area contributed by atoms with E-state index < -0.39 is 6.10 Å². The molecule has 4 N–H and O–H groups in total. The van der Waals surface area contributed by atoms with Gasteiger partial charge in [-0.1, -0.05) is 25.7 Å². The van der Waals surface area contributed by atoms with Gasteiger partial charge in [0.05, 0.1) is 31.1 Å². The van der Waals surface area contributed by atoms with Crippen LogP contribution in [0.5, 0.6) is 11.8 Å². The van der Waals surface area contributed by atoms with Crippen molar-refractivity contribution >= 4 is 22.8 Å². The summed E-state index contributed by atoms with van der Waals surface area (Å²) in [5.74, 6) is 6.38. The van der Waals surface area contributed by atoms with Gasteiger partial charge < -0.3 is 40.0 Å². The molecule has 1 unspecified atom stereocenters. The molecule has 1 aromatic carbocycles. The predicted octanol–water partition coefficient (Wildman–Crippen LogP) is 1.49. The van der Waals surface area contributed by atoms with Gasteiger partial charge in [-0.15, -0.1) is 0 Å². The molecule has 0 fully saturated rings. The quantitative estimate of drug-likeness (QED) is 0.181. The zero-order valence-corrected chi connectivity index (χ0v) is 24.0. The molecule has 0 spiro atoms. The van der Waals surface area contributed by atoms with Crippen molar-refractivity contribution in [3.05, 3.63) is 47.2 Å². The van der Waals surface area contributed by atoms with Gasteiger partial charge in [-0.3, -0.25) is 4.79 Å².